The Kier molecular flexibility index (Phi) is 7.02. The number of carbonyl (C=O) groups is 2. The van der Waals surface area contributed by atoms with Gasteiger partial charge >= 0.3 is 0 Å². The molecule has 3 fully saturated rings. The van der Waals surface area contributed by atoms with Gasteiger partial charge in [-0.2, -0.15) is 5.10 Å². The third-order valence-electron chi connectivity index (χ3n) is 8.69. The molecule has 3 aromatic rings. The zero-order chi connectivity index (χ0) is 26.0. The molecule has 7 heteroatoms. The van der Waals surface area contributed by atoms with Crippen molar-refractivity contribution in [2.24, 2.45) is 11.3 Å². The monoisotopic (exact) mass is 511 g/mol. The molecule has 2 aliphatic heterocycles. The topological polar surface area (TPSA) is 70.5 Å². The summed E-state index contributed by atoms with van der Waals surface area (Å²) in [5, 5.41) is 7.58. The highest BCUT2D eigenvalue weighted by atomic mass is 16.2. The molecule has 0 radical (unpaired) electrons. The Bertz CT molecular complexity index is 1230. The molecule has 2 amide bonds. The van der Waals surface area contributed by atoms with Crippen LogP contribution in [0.2, 0.25) is 0 Å². The Morgan fingerprint density at radius 3 is 2.39 bits per heavy atom. The van der Waals surface area contributed by atoms with E-state index in [4.69, 9.17) is 0 Å². The second-order valence-corrected chi connectivity index (χ2v) is 11.3. The number of likely N-dealkylation sites (tertiary alicyclic amines) is 2. The van der Waals surface area contributed by atoms with Gasteiger partial charge in [-0.05, 0) is 80.9 Å². The summed E-state index contributed by atoms with van der Waals surface area (Å²) < 4.78 is 1.84. The first kappa shape index (κ1) is 24.9. The molecule has 1 saturated carbocycles. The van der Waals surface area contributed by atoms with Gasteiger partial charge < -0.3 is 15.1 Å². The van der Waals surface area contributed by atoms with Crippen molar-refractivity contribution in [2.45, 2.75) is 51.1 Å². The van der Waals surface area contributed by atoms with Crippen LogP contribution in [0, 0.1) is 11.3 Å². The Balaban J connectivity index is 1.01. The van der Waals surface area contributed by atoms with Crippen LogP contribution in [0.1, 0.15) is 55.7 Å². The first-order valence-electron chi connectivity index (χ1n) is 14.1. The first-order valence-corrected chi connectivity index (χ1v) is 14.1. The van der Waals surface area contributed by atoms with Crippen LogP contribution in [0.4, 0.5) is 0 Å². The number of nitrogens with one attached hydrogen (secondary N) is 1. The molecular weight excluding hydrogens is 474 g/mol. The molecule has 2 saturated heterocycles. The van der Waals surface area contributed by atoms with Crippen LogP contribution in [0.5, 0.6) is 0 Å². The number of amides is 2. The lowest BCUT2D eigenvalue weighted by Gasteiger charge is -2.38. The largest absolute Gasteiger partial charge is 0.349 e. The van der Waals surface area contributed by atoms with Gasteiger partial charge in [0, 0.05) is 37.9 Å². The van der Waals surface area contributed by atoms with Crippen LogP contribution in [0.15, 0.2) is 73.1 Å². The summed E-state index contributed by atoms with van der Waals surface area (Å²) in [4.78, 5) is 30.6. The zero-order valence-corrected chi connectivity index (χ0v) is 22.0. The van der Waals surface area contributed by atoms with Crippen LogP contribution in [0.3, 0.4) is 0 Å². The van der Waals surface area contributed by atoms with Gasteiger partial charge in [0.2, 0.25) is 11.8 Å². The minimum atomic E-state index is -0.204. The standard InChI is InChI=1S/C31H37N5O2/c37-29(26-9-10-26)33-28(25-5-2-1-3-6-25)13-19-34-20-14-31(15-21-34)16-22-35(30(31)38)23-24-7-11-27(12-8-24)36-18-4-17-32-36/h1-8,11-12,17-18,26,28H,9-10,13-16,19-23H2,(H,33,37)/t28-/m0/s1. The summed E-state index contributed by atoms with van der Waals surface area (Å²) in [6, 6.07) is 20.6. The van der Waals surface area contributed by atoms with Crippen molar-refractivity contribution in [1.82, 2.24) is 24.9 Å². The van der Waals surface area contributed by atoms with Crippen LogP contribution >= 0.6 is 0 Å². The van der Waals surface area contributed by atoms with Gasteiger partial charge in [0.15, 0.2) is 0 Å². The normalized spacial score (nSPS) is 20.1. The molecule has 3 heterocycles. The molecule has 1 N–H and O–H groups in total. The van der Waals surface area contributed by atoms with Crippen molar-refractivity contribution in [3.8, 4) is 5.69 Å². The van der Waals surface area contributed by atoms with E-state index in [0.29, 0.717) is 12.5 Å². The van der Waals surface area contributed by atoms with Crippen molar-refractivity contribution in [2.75, 3.05) is 26.2 Å². The minimum absolute atomic E-state index is 0.0449. The second kappa shape index (κ2) is 10.7. The molecule has 0 unspecified atom stereocenters. The maximum Gasteiger partial charge on any atom is 0.229 e. The Hall–Kier alpha value is -3.45. The van der Waals surface area contributed by atoms with Crippen LogP contribution in [-0.4, -0.2) is 57.6 Å². The quantitative estimate of drug-likeness (QED) is 0.464. The number of benzene rings is 2. The highest BCUT2D eigenvalue weighted by molar-refractivity contribution is 5.85. The number of hydrogen-bond donors (Lipinski definition) is 1. The average Bonchev–Trinajstić information content (AvgIpc) is 3.60. The van der Waals surface area contributed by atoms with Crippen LogP contribution < -0.4 is 5.32 Å². The highest BCUT2D eigenvalue weighted by Crippen LogP contribution is 2.42. The summed E-state index contributed by atoms with van der Waals surface area (Å²) in [6.45, 7) is 4.32. The fraction of sp³-hybridized carbons (Fsp3) is 0.452. The van der Waals surface area contributed by atoms with Crippen molar-refractivity contribution >= 4 is 11.8 Å². The van der Waals surface area contributed by atoms with E-state index >= 15 is 0 Å². The third-order valence-corrected chi connectivity index (χ3v) is 8.69. The van der Waals surface area contributed by atoms with Gasteiger partial charge in [-0.15, -0.1) is 0 Å². The molecule has 1 spiro atoms. The van der Waals surface area contributed by atoms with Crippen LogP contribution in [-0.2, 0) is 16.1 Å². The van der Waals surface area contributed by atoms with Crippen molar-refractivity contribution in [1.29, 1.82) is 0 Å². The van der Waals surface area contributed by atoms with E-state index in [1.807, 2.05) is 35.1 Å². The molecule has 3 aliphatic rings. The maximum atomic E-state index is 13.5. The van der Waals surface area contributed by atoms with E-state index in [2.05, 4.69) is 56.6 Å². The number of aromatic nitrogens is 2. The smallest absolute Gasteiger partial charge is 0.229 e. The second-order valence-electron chi connectivity index (χ2n) is 11.3. The Morgan fingerprint density at radius 2 is 1.71 bits per heavy atom. The third kappa shape index (κ3) is 5.39. The molecule has 1 aliphatic carbocycles. The maximum absolute atomic E-state index is 13.5. The van der Waals surface area contributed by atoms with Gasteiger partial charge in [0.25, 0.3) is 0 Å². The summed E-state index contributed by atoms with van der Waals surface area (Å²) in [5.41, 5.74) is 3.15. The van der Waals surface area contributed by atoms with Crippen LogP contribution in [0.25, 0.3) is 5.69 Å². The molecule has 38 heavy (non-hydrogen) atoms. The summed E-state index contributed by atoms with van der Waals surface area (Å²) >= 11 is 0. The van der Waals surface area contributed by atoms with Crippen molar-refractivity contribution < 1.29 is 9.59 Å². The van der Waals surface area contributed by atoms with Gasteiger partial charge in [0.05, 0.1) is 17.1 Å². The number of nitrogens with zero attached hydrogens (tertiary/aromatic N) is 4. The first-order chi connectivity index (χ1) is 18.6. The van der Waals surface area contributed by atoms with E-state index in [0.717, 1.165) is 76.0 Å². The van der Waals surface area contributed by atoms with E-state index in [1.54, 1.807) is 6.20 Å². The number of hydrogen-bond acceptors (Lipinski definition) is 4. The van der Waals surface area contributed by atoms with Gasteiger partial charge in [-0.3, -0.25) is 9.59 Å². The number of rotatable bonds is 9. The lowest BCUT2D eigenvalue weighted by molar-refractivity contribution is -0.139. The average molecular weight is 512 g/mol. The minimum Gasteiger partial charge on any atom is -0.349 e. The lowest BCUT2D eigenvalue weighted by atomic mass is 9.77. The van der Waals surface area contributed by atoms with Gasteiger partial charge in [0.1, 0.15) is 0 Å². The molecule has 7 nitrogen and oxygen atoms in total. The van der Waals surface area contributed by atoms with E-state index in [9.17, 15) is 9.59 Å². The highest BCUT2D eigenvalue weighted by Gasteiger charge is 2.47. The predicted octanol–water partition coefficient (Wildman–Crippen LogP) is 4.34. The van der Waals surface area contributed by atoms with Gasteiger partial charge in [-0.25, -0.2) is 4.68 Å². The van der Waals surface area contributed by atoms with Crippen molar-refractivity contribution in [3.63, 3.8) is 0 Å². The summed E-state index contributed by atoms with van der Waals surface area (Å²) in [6.07, 6.45) is 9.43. The molecule has 2 aromatic carbocycles. The zero-order valence-electron chi connectivity index (χ0n) is 22.0. The number of piperidine rings is 1. The van der Waals surface area contributed by atoms with E-state index in [1.165, 1.54) is 5.56 Å². The van der Waals surface area contributed by atoms with Gasteiger partial charge in [-0.1, -0.05) is 42.5 Å². The molecule has 6 rings (SSSR count). The predicted molar refractivity (Wildman–Crippen MR) is 146 cm³/mol. The molecule has 1 aromatic heterocycles. The fourth-order valence-corrected chi connectivity index (χ4v) is 6.06. The van der Waals surface area contributed by atoms with Crippen molar-refractivity contribution in [3.05, 3.63) is 84.2 Å². The SMILES string of the molecule is O=C(N[C@@H](CCN1CCC2(CC1)CCN(Cc1ccc(-n3cccn3)cc1)C2=O)c1ccccc1)C1CC1. The Labute approximate surface area is 224 Å². The van der Waals surface area contributed by atoms with E-state index < -0.39 is 0 Å². The molecule has 0 bridgehead atoms. The lowest BCUT2D eigenvalue weighted by Crippen LogP contribution is -2.45. The number of carbonyl (C=O) groups excluding carboxylic acids is 2. The van der Waals surface area contributed by atoms with E-state index in [-0.39, 0.29) is 23.3 Å². The molecular formula is C31H37N5O2. The molecule has 1 atom stereocenters. The Morgan fingerprint density at radius 1 is 0.974 bits per heavy atom. The summed E-state index contributed by atoms with van der Waals surface area (Å²) in [5.74, 6) is 0.734. The molecule has 198 valence electrons. The summed E-state index contributed by atoms with van der Waals surface area (Å²) in [7, 11) is 0. The fourth-order valence-electron chi connectivity index (χ4n) is 6.06.